The monoisotopic (exact) mass is 457 g/mol. The number of nitrogens with zero attached hydrogens (tertiary/aromatic N) is 3. The second kappa shape index (κ2) is 10.1. The maximum absolute atomic E-state index is 14.5. The summed E-state index contributed by atoms with van der Waals surface area (Å²) >= 11 is 1.10. The summed E-state index contributed by atoms with van der Waals surface area (Å²) < 4.78 is 42.2. The second-order valence-corrected chi connectivity index (χ2v) is 7.85. The summed E-state index contributed by atoms with van der Waals surface area (Å²) in [6.07, 6.45) is 2.64. The molecule has 0 aliphatic rings. The smallest absolute Gasteiger partial charge is 0.172 e. The van der Waals surface area contributed by atoms with E-state index in [0.29, 0.717) is 11.6 Å². The van der Waals surface area contributed by atoms with Crippen LogP contribution >= 0.6 is 24.2 Å². The minimum atomic E-state index is -1.79. The highest BCUT2D eigenvalue weighted by atomic mass is 35.5. The van der Waals surface area contributed by atoms with Gasteiger partial charge in [0.25, 0.3) is 0 Å². The van der Waals surface area contributed by atoms with Gasteiger partial charge in [-0.15, -0.1) is 24.2 Å². The van der Waals surface area contributed by atoms with E-state index in [9.17, 15) is 23.1 Å². The summed E-state index contributed by atoms with van der Waals surface area (Å²) in [5.74, 6) is -2.39. The predicted molar refractivity (Wildman–Crippen MR) is 110 cm³/mol. The van der Waals surface area contributed by atoms with Crippen LogP contribution in [0.2, 0.25) is 0 Å². The molecule has 30 heavy (non-hydrogen) atoms. The largest absolute Gasteiger partial charge is 0.382 e. The molecule has 2 aromatic carbocycles. The van der Waals surface area contributed by atoms with Crippen molar-refractivity contribution in [2.75, 3.05) is 5.75 Å². The molecule has 160 valence electrons. The predicted octanol–water partition coefficient (Wildman–Crippen LogP) is 4.01. The highest BCUT2D eigenvalue weighted by molar-refractivity contribution is 8.00. The van der Waals surface area contributed by atoms with Gasteiger partial charge in [0.1, 0.15) is 35.7 Å². The molecule has 0 unspecified atom stereocenters. The molecule has 0 amide bonds. The molecule has 0 spiro atoms. The highest BCUT2D eigenvalue weighted by Gasteiger charge is 2.39. The summed E-state index contributed by atoms with van der Waals surface area (Å²) in [7, 11) is 0. The number of rotatable bonds is 8. The Morgan fingerprint density at radius 2 is 1.83 bits per heavy atom. The minimum absolute atomic E-state index is 0. The molecule has 1 aromatic heterocycles. The average Bonchev–Trinajstić information content (AvgIpc) is 3.19. The summed E-state index contributed by atoms with van der Waals surface area (Å²) in [6, 6.07) is 8.08. The molecule has 0 fully saturated rings. The number of hydrogen-bond acceptors (Lipinski definition) is 5. The van der Waals surface area contributed by atoms with Crippen molar-refractivity contribution in [3.8, 4) is 0 Å². The van der Waals surface area contributed by atoms with E-state index < -0.39 is 28.3 Å². The Bertz CT molecular complexity index is 989. The minimum Gasteiger partial charge on any atom is -0.382 e. The van der Waals surface area contributed by atoms with E-state index in [4.69, 9.17) is 0 Å². The lowest BCUT2D eigenvalue weighted by Gasteiger charge is -2.34. The molecule has 10 heteroatoms. The fourth-order valence-corrected chi connectivity index (χ4v) is 3.94. The van der Waals surface area contributed by atoms with Crippen molar-refractivity contribution in [1.82, 2.24) is 14.8 Å². The van der Waals surface area contributed by atoms with Crippen LogP contribution < -0.4 is 0 Å². The Morgan fingerprint density at radius 3 is 2.43 bits per heavy atom. The van der Waals surface area contributed by atoms with Gasteiger partial charge in [-0.05, 0) is 30.3 Å². The lowest BCUT2D eigenvalue weighted by Crippen LogP contribution is -2.41. The van der Waals surface area contributed by atoms with Crippen LogP contribution in [0.5, 0.6) is 0 Å². The van der Waals surface area contributed by atoms with Gasteiger partial charge >= 0.3 is 0 Å². The first-order chi connectivity index (χ1) is 13.8. The van der Waals surface area contributed by atoms with Crippen molar-refractivity contribution >= 4 is 30.0 Å². The number of aliphatic hydroxyl groups is 1. The maximum atomic E-state index is 14.5. The zero-order chi connectivity index (χ0) is 21.0. The molecule has 0 radical (unpaired) electrons. The summed E-state index contributed by atoms with van der Waals surface area (Å²) in [6.45, 7) is 1.50. The Hall–Kier alpha value is -2.36. The Morgan fingerprint density at radius 1 is 1.17 bits per heavy atom. The van der Waals surface area contributed by atoms with E-state index >= 15 is 0 Å². The van der Waals surface area contributed by atoms with Crippen LogP contribution in [-0.4, -0.2) is 36.7 Å². The molecule has 1 N–H and O–H groups in total. The lowest BCUT2D eigenvalue weighted by atomic mass is 9.90. The number of Topliss-reactive ketones (excluding diaryl/α,β-unsaturated/α-hetero) is 1. The first-order valence-electron chi connectivity index (χ1n) is 8.70. The number of aromatic nitrogens is 3. The summed E-state index contributed by atoms with van der Waals surface area (Å²) in [4.78, 5) is 16.2. The molecule has 1 heterocycles. The quantitative estimate of drug-likeness (QED) is 0.518. The number of carbonyl (C=O) groups is 1. The third-order valence-corrected chi connectivity index (χ3v) is 5.89. The van der Waals surface area contributed by atoms with E-state index in [1.54, 1.807) is 6.92 Å². The van der Waals surface area contributed by atoms with E-state index in [0.717, 1.165) is 17.8 Å². The van der Waals surface area contributed by atoms with Gasteiger partial charge in [0.15, 0.2) is 5.78 Å². The van der Waals surface area contributed by atoms with Crippen LogP contribution in [0.3, 0.4) is 0 Å². The molecule has 5 nitrogen and oxygen atoms in total. The van der Waals surface area contributed by atoms with E-state index in [1.165, 1.54) is 47.7 Å². The van der Waals surface area contributed by atoms with Crippen molar-refractivity contribution in [3.05, 3.63) is 83.7 Å². The normalized spacial score (nSPS) is 13.9. The number of halogens is 4. The Labute approximate surface area is 181 Å². The summed E-state index contributed by atoms with van der Waals surface area (Å²) in [5, 5.41) is 14.7. The molecule has 2 atom stereocenters. The van der Waals surface area contributed by atoms with Crippen LogP contribution in [0, 0.1) is 17.5 Å². The van der Waals surface area contributed by atoms with Gasteiger partial charge in [-0.25, -0.2) is 22.8 Å². The van der Waals surface area contributed by atoms with E-state index in [-0.39, 0.29) is 36.1 Å². The van der Waals surface area contributed by atoms with Crippen LogP contribution in [0.4, 0.5) is 13.2 Å². The molecule has 3 aromatic rings. The number of benzene rings is 2. The number of hydrogen-bond donors (Lipinski definition) is 1. The van der Waals surface area contributed by atoms with Gasteiger partial charge in [-0.3, -0.25) is 4.79 Å². The molecular formula is C20H19ClF3N3O2S. The van der Waals surface area contributed by atoms with Crippen molar-refractivity contribution < 1.29 is 23.1 Å². The van der Waals surface area contributed by atoms with Crippen molar-refractivity contribution in [2.24, 2.45) is 0 Å². The third kappa shape index (κ3) is 5.41. The number of thioether (sulfide) groups is 1. The van der Waals surface area contributed by atoms with Gasteiger partial charge in [-0.2, -0.15) is 5.10 Å². The van der Waals surface area contributed by atoms with Gasteiger partial charge < -0.3 is 5.11 Å². The highest BCUT2D eigenvalue weighted by Crippen LogP contribution is 2.36. The van der Waals surface area contributed by atoms with Gasteiger partial charge in [-0.1, -0.05) is 13.0 Å². The molecule has 0 aliphatic carbocycles. The molecular weight excluding hydrogens is 439 g/mol. The molecule has 0 saturated heterocycles. The molecule has 0 aliphatic heterocycles. The van der Waals surface area contributed by atoms with Crippen LogP contribution in [0.1, 0.15) is 22.8 Å². The summed E-state index contributed by atoms with van der Waals surface area (Å²) in [5.41, 5.74) is -1.57. The molecule has 0 saturated carbocycles. The van der Waals surface area contributed by atoms with E-state index in [1.807, 2.05) is 0 Å². The topological polar surface area (TPSA) is 68.0 Å². The fourth-order valence-electron chi connectivity index (χ4n) is 2.89. The van der Waals surface area contributed by atoms with Crippen LogP contribution in [0.15, 0.2) is 55.1 Å². The standard InChI is InChI=1S/C20H18F3N3O2S.ClH/c1-13(29-9-19(27)14-2-4-15(21)5-3-14)20(28,10-26-12-24-11-25-26)17-7-6-16(22)8-18(17)23;/h2-8,11-13,28H,9-10H2,1H3;1H/t13-,20-;/m1./s1. The van der Waals surface area contributed by atoms with Gasteiger partial charge in [0.05, 0.1) is 12.3 Å². The number of ketones is 1. The Balaban J connectivity index is 0.00000320. The van der Waals surface area contributed by atoms with Crippen LogP contribution in [0.25, 0.3) is 0 Å². The zero-order valence-corrected chi connectivity index (χ0v) is 17.5. The van der Waals surface area contributed by atoms with Gasteiger partial charge in [0, 0.05) is 22.4 Å². The molecule has 0 bridgehead atoms. The average molecular weight is 458 g/mol. The number of carbonyl (C=O) groups excluding carboxylic acids is 1. The first-order valence-corrected chi connectivity index (χ1v) is 9.75. The van der Waals surface area contributed by atoms with E-state index in [2.05, 4.69) is 10.1 Å². The fraction of sp³-hybridized carbons (Fsp3) is 0.250. The molecule has 3 rings (SSSR count). The SMILES string of the molecule is C[C@@H](SCC(=O)c1ccc(F)cc1)[C@](O)(Cn1cncn1)c1ccc(F)cc1F.Cl. The van der Waals surface area contributed by atoms with Crippen LogP contribution in [-0.2, 0) is 12.1 Å². The second-order valence-electron chi connectivity index (χ2n) is 6.52. The first kappa shape index (κ1) is 23.9. The van der Waals surface area contributed by atoms with Crippen molar-refractivity contribution in [2.45, 2.75) is 24.3 Å². The Kier molecular flexibility index (Phi) is 8.05. The third-order valence-electron chi connectivity index (χ3n) is 4.57. The zero-order valence-electron chi connectivity index (χ0n) is 15.8. The van der Waals surface area contributed by atoms with Crippen molar-refractivity contribution in [3.63, 3.8) is 0 Å². The maximum Gasteiger partial charge on any atom is 0.172 e. The van der Waals surface area contributed by atoms with Crippen molar-refractivity contribution in [1.29, 1.82) is 0 Å². The lowest BCUT2D eigenvalue weighted by molar-refractivity contribution is 0.0134. The van der Waals surface area contributed by atoms with Gasteiger partial charge in [0.2, 0.25) is 0 Å².